The van der Waals surface area contributed by atoms with E-state index < -0.39 is 0 Å². The summed E-state index contributed by atoms with van der Waals surface area (Å²) in [5.41, 5.74) is 0.645. The number of hydrogen-bond acceptors (Lipinski definition) is 4. The first-order chi connectivity index (χ1) is 11.4. The van der Waals surface area contributed by atoms with E-state index in [1.54, 1.807) is 12.1 Å². The number of fused-ring (bicyclic) bond motifs is 1. The lowest BCUT2D eigenvalue weighted by atomic mass is 9.91. The summed E-state index contributed by atoms with van der Waals surface area (Å²) < 4.78 is 0. The van der Waals surface area contributed by atoms with Gasteiger partial charge in [-0.2, -0.15) is 0 Å². The van der Waals surface area contributed by atoms with E-state index in [4.69, 9.17) is 28.3 Å². The third-order valence-corrected chi connectivity index (χ3v) is 6.10. The first kappa shape index (κ1) is 17.8. The topological polar surface area (TPSA) is 64.0 Å². The Balaban J connectivity index is 1.80. The molecule has 0 bridgehead atoms. The Labute approximate surface area is 151 Å². The highest BCUT2D eigenvalue weighted by atomic mass is 35.5. The first-order valence-electron chi connectivity index (χ1n) is 8.19. The molecule has 2 fully saturated rings. The molecule has 3 atom stereocenters. The van der Waals surface area contributed by atoms with Gasteiger partial charge in [0.15, 0.2) is 0 Å². The highest BCUT2D eigenvalue weighted by Gasteiger charge is 2.43. The molecule has 5 nitrogen and oxygen atoms in total. The molecule has 0 radical (unpaired) electrons. The van der Waals surface area contributed by atoms with Crippen LogP contribution in [0.3, 0.4) is 0 Å². The van der Waals surface area contributed by atoms with Gasteiger partial charge in [-0.25, -0.2) is 0 Å². The van der Waals surface area contributed by atoms with Gasteiger partial charge in [0.1, 0.15) is 5.75 Å². The number of hydrogen-bond donors (Lipinski definition) is 2. The average Bonchev–Trinajstić information content (AvgIpc) is 2.96. The lowest BCUT2D eigenvalue weighted by Crippen LogP contribution is -2.49. The van der Waals surface area contributed by atoms with E-state index in [-0.39, 0.29) is 36.3 Å². The van der Waals surface area contributed by atoms with Crippen molar-refractivity contribution in [2.45, 2.75) is 37.3 Å². The van der Waals surface area contributed by atoms with Crippen LogP contribution in [-0.4, -0.2) is 64.7 Å². The molecule has 3 rings (SSSR count). The summed E-state index contributed by atoms with van der Waals surface area (Å²) in [7, 11) is 1.94. The molecular weight excluding hydrogens is 351 g/mol. The van der Waals surface area contributed by atoms with E-state index in [0.717, 1.165) is 12.8 Å². The van der Waals surface area contributed by atoms with Crippen LogP contribution in [0.4, 0.5) is 0 Å². The fourth-order valence-electron chi connectivity index (χ4n) is 3.99. The Bertz CT molecular complexity index is 641. The summed E-state index contributed by atoms with van der Waals surface area (Å²) in [6, 6.07) is 3.42. The maximum atomic E-state index is 12.5. The van der Waals surface area contributed by atoms with Crippen LogP contribution in [0.2, 0.25) is 10.0 Å². The summed E-state index contributed by atoms with van der Waals surface area (Å²) in [6.45, 7) is 1.22. The molecule has 2 aliphatic heterocycles. The average molecular weight is 373 g/mol. The Morgan fingerprint density at radius 1 is 1.33 bits per heavy atom. The lowest BCUT2D eigenvalue weighted by molar-refractivity contribution is -0.137. The fraction of sp³-hybridized carbons (Fsp3) is 0.588. The van der Waals surface area contributed by atoms with Gasteiger partial charge in [-0.05, 0) is 32.0 Å². The number of aromatic hydroxyl groups is 1. The number of amides is 1. The van der Waals surface area contributed by atoms with Gasteiger partial charge in [-0.1, -0.05) is 23.2 Å². The molecule has 0 unspecified atom stereocenters. The lowest BCUT2D eigenvalue weighted by Gasteiger charge is -2.38. The number of carbonyl (C=O) groups excluding carboxylic acids is 1. The van der Waals surface area contributed by atoms with Crippen LogP contribution in [-0.2, 0) is 4.79 Å². The molecular formula is C17H22Cl2N2O3. The number of likely N-dealkylation sites (N-methyl/N-ethyl adjacent to an activating group) is 1. The molecule has 0 saturated carbocycles. The molecule has 2 heterocycles. The van der Waals surface area contributed by atoms with E-state index in [9.17, 15) is 9.90 Å². The zero-order chi connectivity index (χ0) is 17.4. The van der Waals surface area contributed by atoms with Crippen molar-refractivity contribution >= 4 is 29.1 Å². The van der Waals surface area contributed by atoms with Crippen LogP contribution < -0.4 is 0 Å². The standard InChI is InChI=1S/C17H22Cl2N2O3/c1-20(4-5-22)11-7-12-6-10(9-21(12)15(24)8-11)16-14(23)3-2-13(18)17(16)19/h2-3,10-12,22-23H,4-9H2,1H3/t10-,11+,12-/m0/s1. The molecule has 1 aromatic carbocycles. The van der Waals surface area contributed by atoms with E-state index >= 15 is 0 Å². The Hall–Kier alpha value is -1.01. The number of nitrogens with zero attached hydrogens (tertiary/aromatic N) is 2. The summed E-state index contributed by atoms with van der Waals surface area (Å²) >= 11 is 12.4. The molecule has 7 heteroatoms. The molecule has 0 aliphatic carbocycles. The number of phenols is 1. The maximum Gasteiger partial charge on any atom is 0.224 e. The SMILES string of the molecule is CN(CCO)[C@H]1CC(=O)N2C[C@@H](c3c(O)ccc(Cl)c3Cl)C[C@H]2C1. The van der Waals surface area contributed by atoms with Crippen molar-refractivity contribution in [2.24, 2.45) is 0 Å². The van der Waals surface area contributed by atoms with Crippen molar-refractivity contribution in [2.75, 3.05) is 26.7 Å². The maximum absolute atomic E-state index is 12.5. The predicted octanol–water partition coefficient (Wildman–Crippen LogP) is 2.47. The van der Waals surface area contributed by atoms with Gasteiger partial charge in [0.05, 0.1) is 16.7 Å². The van der Waals surface area contributed by atoms with Gasteiger partial charge in [0.2, 0.25) is 5.91 Å². The minimum atomic E-state index is -0.00736. The third-order valence-electron chi connectivity index (χ3n) is 5.28. The molecule has 2 saturated heterocycles. The quantitative estimate of drug-likeness (QED) is 0.851. The third kappa shape index (κ3) is 3.23. The van der Waals surface area contributed by atoms with E-state index in [1.807, 2.05) is 16.8 Å². The van der Waals surface area contributed by atoms with Crippen molar-refractivity contribution in [3.63, 3.8) is 0 Å². The van der Waals surface area contributed by atoms with Crippen LogP contribution in [0.1, 0.15) is 30.7 Å². The van der Waals surface area contributed by atoms with Crippen molar-refractivity contribution in [1.82, 2.24) is 9.80 Å². The number of aliphatic hydroxyl groups is 1. The minimum Gasteiger partial charge on any atom is -0.508 e. The molecule has 1 aromatic rings. The van der Waals surface area contributed by atoms with Gasteiger partial charge in [0, 0.05) is 43.1 Å². The largest absolute Gasteiger partial charge is 0.508 e. The second-order valence-corrected chi connectivity index (χ2v) is 7.51. The van der Waals surface area contributed by atoms with E-state index in [1.165, 1.54) is 0 Å². The summed E-state index contributed by atoms with van der Waals surface area (Å²) in [5, 5.41) is 20.1. The molecule has 0 spiro atoms. The number of benzene rings is 1. The first-order valence-corrected chi connectivity index (χ1v) is 8.95. The number of halogens is 2. The van der Waals surface area contributed by atoms with Crippen molar-refractivity contribution < 1.29 is 15.0 Å². The zero-order valence-electron chi connectivity index (χ0n) is 13.6. The van der Waals surface area contributed by atoms with Crippen LogP contribution in [0.15, 0.2) is 12.1 Å². The highest BCUT2D eigenvalue weighted by Crippen LogP contribution is 2.45. The smallest absolute Gasteiger partial charge is 0.224 e. The number of aliphatic hydroxyl groups excluding tert-OH is 1. The van der Waals surface area contributed by atoms with Gasteiger partial charge in [-0.3, -0.25) is 4.79 Å². The Morgan fingerprint density at radius 3 is 2.79 bits per heavy atom. The van der Waals surface area contributed by atoms with Gasteiger partial charge in [0.25, 0.3) is 0 Å². The zero-order valence-corrected chi connectivity index (χ0v) is 15.1. The Kier molecular flexibility index (Phi) is 5.25. The second kappa shape index (κ2) is 7.08. The van der Waals surface area contributed by atoms with Crippen LogP contribution in [0.25, 0.3) is 0 Å². The number of piperidine rings is 1. The van der Waals surface area contributed by atoms with Crippen molar-refractivity contribution in [1.29, 1.82) is 0 Å². The number of phenolic OH excluding ortho intramolecular Hbond substituents is 1. The van der Waals surface area contributed by atoms with Gasteiger partial charge < -0.3 is 20.0 Å². The molecule has 2 N–H and O–H groups in total. The molecule has 1 amide bonds. The summed E-state index contributed by atoms with van der Waals surface area (Å²) in [4.78, 5) is 16.5. The molecule has 0 aromatic heterocycles. The van der Waals surface area contributed by atoms with Crippen molar-refractivity contribution in [3.8, 4) is 5.75 Å². The van der Waals surface area contributed by atoms with E-state index in [0.29, 0.717) is 35.1 Å². The Morgan fingerprint density at radius 2 is 2.08 bits per heavy atom. The number of carbonyl (C=O) groups is 1. The van der Waals surface area contributed by atoms with Gasteiger partial charge in [-0.15, -0.1) is 0 Å². The van der Waals surface area contributed by atoms with Crippen LogP contribution >= 0.6 is 23.2 Å². The predicted molar refractivity (Wildman–Crippen MR) is 93.7 cm³/mol. The second-order valence-electron chi connectivity index (χ2n) is 6.72. The van der Waals surface area contributed by atoms with Crippen molar-refractivity contribution in [3.05, 3.63) is 27.7 Å². The summed E-state index contributed by atoms with van der Waals surface area (Å²) in [6.07, 6.45) is 2.11. The normalized spacial score (nSPS) is 27.0. The molecule has 2 aliphatic rings. The number of rotatable bonds is 4. The molecule has 132 valence electrons. The van der Waals surface area contributed by atoms with Gasteiger partial charge >= 0.3 is 0 Å². The van der Waals surface area contributed by atoms with Crippen LogP contribution in [0.5, 0.6) is 5.75 Å². The van der Waals surface area contributed by atoms with E-state index in [2.05, 4.69) is 0 Å². The van der Waals surface area contributed by atoms with Crippen LogP contribution in [0, 0.1) is 0 Å². The molecule has 24 heavy (non-hydrogen) atoms. The fourth-order valence-corrected chi connectivity index (χ4v) is 4.47. The minimum absolute atomic E-state index is 0.00736. The highest BCUT2D eigenvalue weighted by molar-refractivity contribution is 6.42. The monoisotopic (exact) mass is 372 g/mol. The summed E-state index contributed by atoms with van der Waals surface area (Å²) in [5.74, 6) is 0.254.